The fourth-order valence-corrected chi connectivity index (χ4v) is 3.97. The average Bonchev–Trinajstić information content (AvgIpc) is 2.53. The third-order valence-corrected chi connectivity index (χ3v) is 5.38. The first-order valence-electron chi connectivity index (χ1n) is 10.7. The zero-order valence-corrected chi connectivity index (χ0v) is 19.5. The number of rotatable bonds is 12. The third-order valence-electron chi connectivity index (χ3n) is 5.38. The van der Waals surface area contributed by atoms with E-state index in [2.05, 4.69) is 55.4 Å². The first-order chi connectivity index (χ1) is 12.7. The molecule has 0 rings (SSSR count). The SMILES string of the molecule is CC(CCC(C(=O)OCC(CO)(CO)CO)C(C)CC(C)(C)C)CC(C)(C)C. The number of hydrogen-bond acceptors (Lipinski definition) is 5. The van der Waals surface area contributed by atoms with Gasteiger partial charge in [-0.15, -0.1) is 0 Å². The Labute approximate surface area is 172 Å². The Morgan fingerprint density at radius 2 is 1.29 bits per heavy atom. The van der Waals surface area contributed by atoms with Gasteiger partial charge in [-0.25, -0.2) is 0 Å². The summed E-state index contributed by atoms with van der Waals surface area (Å²) in [7, 11) is 0. The van der Waals surface area contributed by atoms with Crippen molar-refractivity contribution in [2.24, 2.45) is 34.0 Å². The monoisotopic (exact) mass is 402 g/mol. The lowest BCUT2D eigenvalue weighted by Crippen LogP contribution is -2.40. The summed E-state index contributed by atoms with van der Waals surface area (Å²) in [5.41, 5.74) is -0.817. The van der Waals surface area contributed by atoms with Gasteiger partial charge in [-0.2, -0.15) is 0 Å². The Morgan fingerprint density at radius 3 is 1.68 bits per heavy atom. The highest BCUT2D eigenvalue weighted by Crippen LogP contribution is 2.34. The van der Waals surface area contributed by atoms with Gasteiger partial charge in [0.15, 0.2) is 0 Å². The predicted molar refractivity (Wildman–Crippen MR) is 114 cm³/mol. The van der Waals surface area contributed by atoms with Gasteiger partial charge >= 0.3 is 5.97 Å². The largest absolute Gasteiger partial charge is 0.465 e. The fraction of sp³-hybridized carbons (Fsp3) is 0.957. The number of aliphatic hydroxyl groups excluding tert-OH is 3. The molecule has 0 aliphatic rings. The second kappa shape index (κ2) is 11.5. The van der Waals surface area contributed by atoms with Gasteiger partial charge in [0.05, 0.1) is 31.2 Å². The highest BCUT2D eigenvalue weighted by molar-refractivity contribution is 5.72. The summed E-state index contributed by atoms with van der Waals surface area (Å²) < 4.78 is 5.49. The minimum absolute atomic E-state index is 0.111. The molecule has 3 atom stereocenters. The van der Waals surface area contributed by atoms with Crippen LogP contribution in [-0.4, -0.2) is 47.7 Å². The van der Waals surface area contributed by atoms with E-state index in [1.54, 1.807) is 0 Å². The van der Waals surface area contributed by atoms with Crippen LogP contribution in [0.5, 0.6) is 0 Å². The standard InChI is InChI=1S/C23H46O5/c1-17(11-21(3,4)5)9-10-19(18(2)12-22(6,7)8)20(27)28-16-23(13-24,14-25)15-26/h17-19,24-26H,9-16H2,1-8H3. The molecule has 0 amide bonds. The molecule has 0 aromatic carbocycles. The molecule has 0 aliphatic carbocycles. The molecule has 0 saturated heterocycles. The molecule has 3 N–H and O–H groups in total. The lowest BCUT2D eigenvalue weighted by molar-refractivity contribution is -0.158. The first-order valence-corrected chi connectivity index (χ1v) is 10.7. The third kappa shape index (κ3) is 10.8. The van der Waals surface area contributed by atoms with Gasteiger partial charge in [0, 0.05) is 0 Å². The van der Waals surface area contributed by atoms with E-state index in [-0.39, 0.29) is 35.2 Å². The quantitative estimate of drug-likeness (QED) is 0.429. The number of esters is 1. The van der Waals surface area contributed by atoms with Gasteiger partial charge in [-0.1, -0.05) is 55.4 Å². The molecule has 0 saturated carbocycles. The molecule has 5 nitrogen and oxygen atoms in total. The number of carbonyl (C=O) groups excluding carboxylic acids is 1. The summed E-state index contributed by atoms with van der Waals surface area (Å²) in [6, 6.07) is 0. The molecule has 0 aliphatic heterocycles. The van der Waals surface area contributed by atoms with E-state index in [4.69, 9.17) is 4.74 Å². The van der Waals surface area contributed by atoms with E-state index >= 15 is 0 Å². The maximum atomic E-state index is 12.9. The van der Waals surface area contributed by atoms with Crippen LogP contribution in [-0.2, 0) is 9.53 Å². The highest BCUT2D eigenvalue weighted by atomic mass is 16.5. The van der Waals surface area contributed by atoms with Crippen LogP contribution in [0.4, 0.5) is 0 Å². The van der Waals surface area contributed by atoms with Gasteiger partial charge in [-0.05, 0) is 48.3 Å². The topological polar surface area (TPSA) is 87.0 Å². The van der Waals surface area contributed by atoms with E-state index in [1.165, 1.54) is 0 Å². The van der Waals surface area contributed by atoms with Crippen molar-refractivity contribution < 1.29 is 24.9 Å². The highest BCUT2D eigenvalue weighted by Gasteiger charge is 2.34. The lowest BCUT2D eigenvalue weighted by Gasteiger charge is -2.32. The molecule has 0 spiro atoms. The van der Waals surface area contributed by atoms with Crippen molar-refractivity contribution in [3.05, 3.63) is 0 Å². The van der Waals surface area contributed by atoms with Crippen molar-refractivity contribution in [2.75, 3.05) is 26.4 Å². The molecule has 0 aromatic rings. The molecule has 168 valence electrons. The zero-order chi connectivity index (χ0) is 22.2. The molecule has 5 heteroatoms. The maximum absolute atomic E-state index is 12.9. The van der Waals surface area contributed by atoms with Crippen molar-refractivity contribution in [3.63, 3.8) is 0 Å². The number of carbonyl (C=O) groups is 1. The van der Waals surface area contributed by atoms with Crippen molar-refractivity contribution in [1.82, 2.24) is 0 Å². The zero-order valence-electron chi connectivity index (χ0n) is 19.5. The Kier molecular flexibility index (Phi) is 11.2. The van der Waals surface area contributed by atoms with Crippen LogP contribution in [0.3, 0.4) is 0 Å². The fourth-order valence-electron chi connectivity index (χ4n) is 3.97. The normalized spacial score (nSPS) is 16.5. The Hall–Kier alpha value is -0.650. The van der Waals surface area contributed by atoms with Crippen molar-refractivity contribution in [2.45, 2.75) is 81.1 Å². The van der Waals surface area contributed by atoms with Crippen LogP contribution >= 0.6 is 0 Å². The van der Waals surface area contributed by atoms with Gasteiger partial charge in [-0.3, -0.25) is 4.79 Å². The van der Waals surface area contributed by atoms with Gasteiger partial charge in [0.2, 0.25) is 0 Å². The second-order valence-corrected chi connectivity index (χ2v) is 11.4. The Morgan fingerprint density at radius 1 is 0.821 bits per heavy atom. The minimum atomic E-state index is -1.19. The first kappa shape index (κ1) is 27.4. The minimum Gasteiger partial charge on any atom is -0.465 e. The summed E-state index contributed by atoms with van der Waals surface area (Å²) >= 11 is 0. The van der Waals surface area contributed by atoms with Crippen molar-refractivity contribution in [1.29, 1.82) is 0 Å². The number of aliphatic hydroxyl groups is 3. The average molecular weight is 403 g/mol. The van der Waals surface area contributed by atoms with Crippen molar-refractivity contribution in [3.8, 4) is 0 Å². The van der Waals surface area contributed by atoms with E-state index in [9.17, 15) is 20.1 Å². The molecular weight excluding hydrogens is 356 g/mol. The second-order valence-electron chi connectivity index (χ2n) is 11.4. The maximum Gasteiger partial charge on any atom is 0.309 e. The molecule has 0 fully saturated rings. The molecule has 0 heterocycles. The van der Waals surface area contributed by atoms with Crippen LogP contribution < -0.4 is 0 Å². The lowest BCUT2D eigenvalue weighted by atomic mass is 9.76. The molecule has 0 aromatic heterocycles. The van der Waals surface area contributed by atoms with Crippen molar-refractivity contribution >= 4 is 5.97 Å². The Bertz CT molecular complexity index is 435. The molecule has 0 radical (unpaired) electrons. The summed E-state index contributed by atoms with van der Waals surface area (Å²) in [6.07, 6.45) is 3.73. The summed E-state index contributed by atoms with van der Waals surface area (Å²) in [5, 5.41) is 28.4. The molecular formula is C23H46O5. The van der Waals surface area contributed by atoms with Gasteiger partial charge in [0.1, 0.15) is 6.61 Å². The van der Waals surface area contributed by atoms with Gasteiger partial charge < -0.3 is 20.1 Å². The Balaban J connectivity index is 5.13. The molecule has 3 unspecified atom stereocenters. The van der Waals surface area contributed by atoms with Crippen LogP contribution in [0.2, 0.25) is 0 Å². The van der Waals surface area contributed by atoms with Crippen LogP contribution in [0, 0.1) is 34.0 Å². The summed E-state index contributed by atoms with van der Waals surface area (Å²) in [5.74, 6) is 0.166. The molecule has 28 heavy (non-hydrogen) atoms. The van der Waals surface area contributed by atoms with Crippen LogP contribution in [0.1, 0.15) is 81.1 Å². The van der Waals surface area contributed by atoms with E-state index < -0.39 is 25.2 Å². The van der Waals surface area contributed by atoms with E-state index in [1.807, 2.05) is 0 Å². The van der Waals surface area contributed by atoms with E-state index in [0.29, 0.717) is 5.92 Å². The number of ether oxygens (including phenoxy) is 1. The number of hydrogen-bond donors (Lipinski definition) is 3. The summed E-state index contributed by atoms with van der Waals surface area (Å²) in [6.45, 7) is 16.1. The van der Waals surface area contributed by atoms with Crippen LogP contribution in [0.15, 0.2) is 0 Å². The molecule has 0 bridgehead atoms. The smallest absolute Gasteiger partial charge is 0.309 e. The summed E-state index contributed by atoms with van der Waals surface area (Å²) in [4.78, 5) is 12.9. The van der Waals surface area contributed by atoms with Gasteiger partial charge in [0.25, 0.3) is 0 Å². The van der Waals surface area contributed by atoms with Crippen LogP contribution in [0.25, 0.3) is 0 Å². The van der Waals surface area contributed by atoms with E-state index in [0.717, 1.165) is 25.7 Å². The predicted octanol–water partition coefficient (Wildman–Crippen LogP) is 4.03.